The summed E-state index contributed by atoms with van der Waals surface area (Å²) in [7, 11) is 0. The molecule has 19 heavy (non-hydrogen) atoms. The zero-order valence-electron chi connectivity index (χ0n) is 11.3. The number of benzene rings is 1. The van der Waals surface area contributed by atoms with Gasteiger partial charge in [-0.05, 0) is 44.3 Å². The molecule has 0 spiro atoms. The quantitative estimate of drug-likeness (QED) is 0.667. The average molecular weight is 263 g/mol. The van der Waals surface area contributed by atoms with Gasteiger partial charge >= 0.3 is 0 Å². The van der Waals surface area contributed by atoms with E-state index in [2.05, 4.69) is 11.8 Å². The summed E-state index contributed by atoms with van der Waals surface area (Å²) < 4.78 is 0. The fourth-order valence-corrected chi connectivity index (χ4v) is 2.62. The molecule has 5 heteroatoms. The first-order chi connectivity index (χ1) is 9.06. The highest BCUT2D eigenvalue weighted by molar-refractivity contribution is 5.32. The van der Waals surface area contributed by atoms with Gasteiger partial charge in [0.1, 0.15) is 0 Å². The van der Waals surface area contributed by atoms with E-state index in [1.165, 1.54) is 0 Å². The molecule has 1 unspecified atom stereocenters. The number of hydrogen-bond acceptors (Lipinski definition) is 4. The van der Waals surface area contributed by atoms with Gasteiger partial charge in [-0.15, -0.1) is 0 Å². The van der Waals surface area contributed by atoms with Crippen molar-refractivity contribution < 1.29 is 4.92 Å². The first-order valence-electron chi connectivity index (χ1n) is 6.77. The fraction of sp³-hybridized carbons (Fsp3) is 0.571. The SMILES string of the molecule is CC(N)C1CCN(Cc2ccc([N+](=O)[O-])cc2)CC1. The van der Waals surface area contributed by atoms with Gasteiger partial charge in [-0.2, -0.15) is 0 Å². The molecule has 0 amide bonds. The summed E-state index contributed by atoms with van der Waals surface area (Å²) >= 11 is 0. The summed E-state index contributed by atoms with van der Waals surface area (Å²) in [6.45, 7) is 5.06. The fourth-order valence-electron chi connectivity index (χ4n) is 2.62. The summed E-state index contributed by atoms with van der Waals surface area (Å²) in [6, 6.07) is 7.11. The van der Waals surface area contributed by atoms with E-state index in [1.807, 2.05) is 12.1 Å². The molecule has 1 aromatic carbocycles. The summed E-state index contributed by atoms with van der Waals surface area (Å²) in [5, 5.41) is 10.6. The van der Waals surface area contributed by atoms with Gasteiger partial charge in [0.25, 0.3) is 5.69 Å². The number of likely N-dealkylation sites (tertiary alicyclic amines) is 1. The Hall–Kier alpha value is -1.46. The molecule has 1 aromatic rings. The maximum Gasteiger partial charge on any atom is 0.269 e. The molecule has 5 nitrogen and oxygen atoms in total. The van der Waals surface area contributed by atoms with E-state index in [9.17, 15) is 10.1 Å². The molecule has 1 saturated heterocycles. The molecular formula is C14H21N3O2. The Morgan fingerprint density at radius 3 is 2.42 bits per heavy atom. The van der Waals surface area contributed by atoms with Crippen LogP contribution in [0.3, 0.4) is 0 Å². The predicted molar refractivity (Wildman–Crippen MR) is 74.7 cm³/mol. The Kier molecular flexibility index (Phi) is 4.50. The first kappa shape index (κ1) is 14.0. The van der Waals surface area contributed by atoms with E-state index in [1.54, 1.807) is 12.1 Å². The van der Waals surface area contributed by atoms with Crippen LogP contribution < -0.4 is 5.73 Å². The normalized spacial score (nSPS) is 19.3. The van der Waals surface area contributed by atoms with Crippen LogP contribution in [0.4, 0.5) is 5.69 Å². The van der Waals surface area contributed by atoms with Crippen molar-refractivity contribution in [2.24, 2.45) is 11.7 Å². The molecule has 1 fully saturated rings. The molecular weight excluding hydrogens is 242 g/mol. The van der Waals surface area contributed by atoms with E-state index >= 15 is 0 Å². The topological polar surface area (TPSA) is 72.4 Å². The zero-order chi connectivity index (χ0) is 13.8. The Morgan fingerprint density at radius 2 is 1.95 bits per heavy atom. The summed E-state index contributed by atoms with van der Waals surface area (Å²) in [5.41, 5.74) is 7.21. The molecule has 2 N–H and O–H groups in total. The third-order valence-corrected chi connectivity index (χ3v) is 3.93. The summed E-state index contributed by atoms with van der Waals surface area (Å²) in [4.78, 5) is 12.6. The minimum atomic E-state index is -0.363. The van der Waals surface area contributed by atoms with Crippen molar-refractivity contribution in [3.8, 4) is 0 Å². The highest BCUT2D eigenvalue weighted by Gasteiger charge is 2.21. The maximum atomic E-state index is 10.6. The molecule has 0 saturated carbocycles. The maximum absolute atomic E-state index is 10.6. The van der Waals surface area contributed by atoms with Crippen molar-refractivity contribution in [3.05, 3.63) is 39.9 Å². The Labute approximate surface area is 113 Å². The minimum absolute atomic E-state index is 0.152. The molecule has 1 aliphatic rings. The van der Waals surface area contributed by atoms with Gasteiger partial charge in [-0.3, -0.25) is 15.0 Å². The first-order valence-corrected chi connectivity index (χ1v) is 6.77. The number of non-ortho nitro benzene ring substituents is 1. The van der Waals surface area contributed by atoms with Crippen LogP contribution in [0.25, 0.3) is 0 Å². The van der Waals surface area contributed by atoms with Gasteiger partial charge < -0.3 is 5.73 Å². The number of nitro groups is 1. The summed E-state index contributed by atoms with van der Waals surface area (Å²) in [6.07, 6.45) is 2.29. The van der Waals surface area contributed by atoms with Crippen LogP contribution in [0.15, 0.2) is 24.3 Å². The van der Waals surface area contributed by atoms with Crippen molar-refractivity contribution in [1.29, 1.82) is 0 Å². The zero-order valence-corrected chi connectivity index (χ0v) is 11.3. The smallest absolute Gasteiger partial charge is 0.269 e. The van der Waals surface area contributed by atoms with Crippen LogP contribution in [0.2, 0.25) is 0 Å². The van der Waals surface area contributed by atoms with E-state index in [-0.39, 0.29) is 16.7 Å². The van der Waals surface area contributed by atoms with Gasteiger partial charge in [-0.1, -0.05) is 12.1 Å². The van der Waals surface area contributed by atoms with E-state index < -0.39 is 0 Å². The molecule has 0 aromatic heterocycles. The second-order valence-corrected chi connectivity index (χ2v) is 5.40. The van der Waals surface area contributed by atoms with Crippen molar-refractivity contribution in [2.75, 3.05) is 13.1 Å². The lowest BCUT2D eigenvalue weighted by Crippen LogP contribution is -2.39. The molecule has 0 aliphatic carbocycles. The lowest BCUT2D eigenvalue weighted by molar-refractivity contribution is -0.384. The molecule has 0 bridgehead atoms. The second-order valence-electron chi connectivity index (χ2n) is 5.40. The van der Waals surface area contributed by atoms with Gasteiger partial charge in [0, 0.05) is 24.7 Å². The minimum Gasteiger partial charge on any atom is -0.328 e. The van der Waals surface area contributed by atoms with Crippen LogP contribution >= 0.6 is 0 Å². The molecule has 104 valence electrons. The standard InChI is InChI=1S/C14H21N3O2/c1-11(15)13-6-8-16(9-7-13)10-12-2-4-14(5-3-12)17(18)19/h2-5,11,13H,6-10,15H2,1H3. The number of nitrogens with zero attached hydrogens (tertiary/aromatic N) is 2. The number of nitrogens with two attached hydrogens (primary N) is 1. The third kappa shape index (κ3) is 3.75. The van der Waals surface area contributed by atoms with Crippen LogP contribution in [-0.2, 0) is 6.54 Å². The van der Waals surface area contributed by atoms with Gasteiger partial charge in [0.15, 0.2) is 0 Å². The lowest BCUT2D eigenvalue weighted by atomic mass is 9.91. The monoisotopic (exact) mass is 263 g/mol. The van der Waals surface area contributed by atoms with E-state index in [0.717, 1.165) is 38.0 Å². The van der Waals surface area contributed by atoms with Crippen LogP contribution in [0.5, 0.6) is 0 Å². The third-order valence-electron chi connectivity index (χ3n) is 3.93. The predicted octanol–water partition coefficient (Wildman–Crippen LogP) is 2.15. The van der Waals surface area contributed by atoms with Gasteiger partial charge in [0.2, 0.25) is 0 Å². The number of rotatable bonds is 4. The van der Waals surface area contributed by atoms with Gasteiger partial charge in [-0.25, -0.2) is 0 Å². The molecule has 2 rings (SSSR count). The largest absolute Gasteiger partial charge is 0.328 e. The molecule has 1 heterocycles. The molecule has 0 radical (unpaired) electrons. The summed E-state index contributed by atoms with van der Waals surface area (Å²) in [5.74, 6) is 0.633. The molecule has 1 atom stereocenters. The van der Waals surface area contributed by atoms with Gasteiger partial charge in [0.05, 0.1) is 4.92 Å². The van der Waals surface area contributed by atoms with Crippen LogP contribution in [0, 0.1) is 16.0 Å². The number of piperidine rings is 1. The average Bonchev–Trinajstić information content (AvgIpc) is 2.40. The lowest BCUT2D eigenvalue weighted by Gasteiger charge is -2.33. The van der Waals surface area contributed by atoms with E-state index in [4.69, 9.17) is 5.73 Å². The van der Waals surface area contributed by atoms with Crippen molar-refractivity contribution in [3.63, 3.8) is 0 Å². The second kappa shape index (κ2) is 6.12. The van der Waals surface area contributed by atoms with Crippen LogP contribution in [-0.4, -0.2) is 29.0 Å². The van der Waals surface area contributed by atoms with Crippen molar-refractivity contribution >= 4 is 5.69 Å². The highest BCUT2D eigenvalue weighted by atomic mass is 16.6. The Balaban J connectivity index is 1.87. The number of nitro benzene ring substituents is 1. The highest BCUT2D eigenvalue weighted by Crippen LogP contribution is 2.21. The Morgan fingerprint density at radius 1 is 1.37 bits per heavy atom. The van der Waals surface area contributed by atoms with E-state index in [0.29, 0.717) is 5.92 Å². The van der Waals surface area contributed by atoms with Crippen molar-refractivity contribution in [1.82, 2.24) is 4.90 Å². The Bertz CT molecular complexity index is 423. The number of hydrogen-bond donors (Lipinski definition) is 1. The molecule has 1 aliphatic heterocycles. The van der Waals surface area contributed by atoms with Crippen molar-refractivity contribution in [2.45, 2.75) is 32.4 Å². The van der Waals surface area contributed by atoms with Crippen LogP contribution in [0.1, 0.15) is 25.3 Å².